The molecule has 0 radical (unpaired) electrons. The number of aryl methyl sites for hydroxylation is 1. The van der Waals surface area contributed by atoms with Crippen LogP contribution in [0.2, 0.25) is 5.02 Å². The van der Waals surface area contributed by atoms with Crippen molar-refractivity contribution in [2.24, 2.45) is 0 Å². The maximum atomic E-state index is 6.30. The van der Waals surface area contributed by atoms with E-state index in [1.54, 1.807) is 23.7 Å². The van der Waals surface area contributed by atoms with E-state index in [1.165, 1.54) is 26.5 Å². The second-order valence-electron chi connectivity index (χ2n) is 7.52. The maximum absolute atomic E-state index is 6.30. The van der Waals surface area contributed by atoms with Gasteiger partial charge in [0.2, 0.25) is 0 Å². The van der Waals surface area contributed by atoms with Crippen molar-refractivity contribution in [3.8, 4) is 0 Å². The summed E-state index contributed by atoms with van der Waals surface area (Å²) in [5, 5.41) is 4.12. The third-order valence-electron chi connectivity index (χ3n) is 5.26. The molecule has 31 heavy (non-hydrogen) atoms. The van der Waals surface area contributed by atoms with Crippen LogP contribution in [0.4, 0.5) is 0 Å². The van der Waals surface area contributed by atoms with Gasteiger partial charge in [0.1, 0.15) is 5.03 Å². The Morgan fingerprint density at radius 1 is 1.00 bits per heavy atom. The van der Waals surface area contributed by atoms with E-state index in [9.17, 15) is 0 Å². The molecule has 0 aliphatic heterocycles. The molecule has 0 amide bonds. The number of halogens is 1. The Hall–Kier alpha value is -1.98. The molecule has 0 aliphatic rings. The van der Waals surface area contributed by atoms with Crippen LogP contribution in [0.5, 0.6) is 0 Å². The highest BCUT2D eigenvalue weighted by Crippen LogP contribution is 2.34. The van der Waals surface area contributed by atoms with Crippen LogP contribution in [-0.4, -0.2) is 4.98 Å². The maximum Gasteiger partial charge on any atom is 0.104 e. The summed E-state index contributed by atoms with van der Waals surface area (Å²) >= 11 is 9.69. The number of hydrogen-bond acceptors (Lipinski definition) is 4. The molecule has 5 heteroatoms. The summed E-state index contributed by atoms with van der Waals surface area (Å²) in [5.41, 5.74) is 3.87. The molecule has 158 valence electrons. The van der Waals surface area contributed by atoms with Gasteiger partial charge in [0, 0.05) is 32.4 Å². The number of fused-ring (bicyclic) bond motifs is 1. The van der Waals surface area contributed by atoms with Crippen molar-refractivity contribution >= 4 is 46.1 Å². The summed E-state index contributed by atoms with van der Waals surface area (Å²) < 4.78 is 3.61. The second-order valence-corrected chi connectivity index (χ2v) is 9.90. The van der Waals surface area contributed by atoms with Crippen molar-refractivity contribution in [3.05, 3.63) is 94.6 Å². The molecule has 0 bridgehead atoms. The molecule has 3 aromatic carbocycles. The molecule has 0 aliphatic carbocycles. The van der Waals surface area contributed by atoms with Crippen LogP contribution in [0.1, 0.15) is 36.6 Å². The monoisotopic (exact) mass is 464 g/mol. The number of nitrogens with one attached hydrogen (secondary N) is 1. The Morgan fingerprint density at radius 3 is 2.55 bits per heavy atom. The summed E-state index contributed by atoms with van der Waals surface area (Å²) in [6.45, 7) is 6.52. The Bertz CT molecular complexity index is 1190. The van der Waals surface area contributed by atoms with Crippen LogP contribution in [-0.2, 0) is 6.42 Å². The fourth-order valence-corrected chi connectivity index (χ4v) is 5.56. The van der Waals surface area contributed by atoms with E-state index in [4.69, 9.17) is 11.6 Å². The van der Waals surface area contributed by atoms with E-state index in [-0.39, 0.29) is 6.04 Å². The van der Waals surface area contributed by atoms with Gasteiger partial charge in [-0.25, -0.2) is 4.98 Å². The van der Waals surface area contributed by atoms with Crippen molar-refractivity contribution in [2.45, 2.75) is 48.1 Å². The average Bonchev–Trinajstić information content (AvgIpc) is 2.79. The smallest absolute Gasteiger partial charge is 0.104 e. The highest BCUT2D eigenvalue weighted by Gasteiger charge is 2.15. The average molecular weight is 465 g/mol. The summed E-state index contributed by atoms with van der Waals surface area (Å²) in [7, 11) is 0. The van der Waals surface area contributed by atoms with E-state index in [1.807, 2.05) is 18.3 Å². The Morgan fingerprint density at radius 2 is 1.77 bits per heavy atom. The molecule has 4 rings (SSSR count). The minimum atomic E-state index is 0.190. The zero-order valence-electron chi connectivity index (χ0n) is 17.9. The quantitative estimate of drug-likeness (QED) is 0.278. The molecule has 0 saturated carbocycles. The molecule has 0 saturated heterocycles. The van der Waals surface area contributed by atoms with Crippen LogP contribution < -0.4 is 4.72 Å². The molecule has 0 fully saturated rings. The lowest BCUT2D eigenvalue weighted by molar-refractivity contribution is 0.730. The first-order chi connectivity index (χ1) is 15.0. The standard InChI is InChI=1S/C26H25ClN2S2/c1-4-22-23(14-15-28-26(22)30-20-10-8-17(2)9-11-20)18(3)29-31-21-12-13-24-19(16-21)6-5-7-25(24)27/h5-16,18,29H,4H2,1-3H3. The van der Waals surface area contributed by atoms with E-state index in [2.05, 4.69) is 85.1 Å². The summed E-state index contributed by atoms with van der Waals surface area (Å²) in [6, 6.07) is 23.4. The molecule has 1 atom stereocenters. The normalized spacial score (nSPS) is 12.3. The summed E-state index contributed by atoms with van der Waals surface area (Å²) in [6.07, 6.45) is 2.87. The van der Waals surface area contributed by atoms with Gasteiger partial charge in [-0.15, -0.1) is 0 Å². The second kappa shape index (κ2) is 10.1. The van der Waals surface area contributed by atoms with Crippen molar-refractivity contribution in [3.63, 3.8) is 0 Å². The molecule has 1 unspecified atom stereocenters. The van der Waals surface area contributed by atoms with E-state index >= 15 is 0 Å². The number of aromatic nitrogens is 1. The molecular weight excluding hydrogens is 440 g/mol. The lowest BCUT2D eigenvalue weighted by atomic mass is 10.0. The highest BCUT2D eigenvalue weighted by molar-refractivity contribution is 7.99. The molecule has 1 N–H and O–H groups in total. The third kappa shape index (κ3) is 5.27. The van der Waals surface area contributed by atoms with Crippen LogP contribution in [0.3, 0.4) is 0 Å². The number of benzene rings is 3. The first-order valence-electron chi connectivity index (χ1n) is 10.4. The van der Waals surface area contributed by atoms with Gasteiger partial charge in [0.15, 0.2) is 0 Å². The van der Waals surface area contributed by atoms with Gasteiger partial charge in [-0.05, 0) is 85.1 Å². The van der Waals surface area contributed by atoms with Crippen molar-refractivity contribution < 1.29 is 0 Å². The van der Waals surface area contributed by atoms with Gasteiger partial charge in [-0.2, -0.15) is 0 Å². The topological polar surface area (TPSA) is 24.9 Å². The van der Waals surface area contributed by atoms with E-state index in [0.29, 0.717) is 0 Å². The number of pyridine rings is 1. The van der Waals surface area contributed by atoms with E-state index < -0.39 is 0 Å². The fourth-order valence-electron chi connectivity index (χ4n) is 3.56. The Labute approximate surface area is 198 Å². The van der Waals surface area contributed by atoms with Gasteiger partial charge in [0.25, 0.3) is 0 Å². The Balaban J connectivity index is 1.51. The van der Waals surface area contributed by atoms with Gasteiger partial charge >= 0.3 is 0 Å². The molecule has 1 aromatic heterocycles. The number of rotatable bonds is 7. The van der Waals surface area contributed by atoms with Crippen LogP contribution >= 0.6 is 35.3 Å². The molecule has 2 nitrogen and oxygen atoms in total. The minimum Gasteiger partial charge on any atom is -0.253 e. The minimum absolute atomic E-state index is 0.190. The first-order valence-corrected chi connectivity index (χ1v) is 12.4. The van der Waals surface area contributed by atoms with Crippen molar-refractivity contribution in [1.29, 1.82) is 0 Å². The molecule has 1 heterocycles. The van der Waals surface area contributed by atoms with Crippen LogP contribution in [0, 0.1) is 6.92 Å². The van der Waals surface area contributed by atoms with Crippen molar-refractivity contribution in [1.82, 2.24) is 9.71 Å². The lowest BCUT2D eigenvalue weighted by Crippen LogP contribution is -2.13. The Kier molecular flexibility index (Phi) is 7.24. The molecular formula is C26H25ClN2S2. The SMILES string of the molecule is CCc1c(C(C)NSc2ccc3c(Cl)cccc3c2)ccnc1Sc1ccc(C)cc1. The summed E-state index contributed by atoms with van der Waals surface area (Å²) in [4.78, 5) is 7.07. The first kappa shape index (κ1) is 22.2. The van der Waals surface area contributed by atoms with Gasteiger partial charge in [-0.3, -0.25) is 4.72 Å². The molecule has 4 aromatic rings. The zero-order chi connectivity index (χ0) is 21.8. The highest BCUT2D eigenvalue weighted by atomic mass is 35.5. The lowest BCUT2D eigenvalue weighted by Gasteiger charge is -2.19. The zero-order valence-corrected chi connectivity index (χ0v) is 20.2. The number of nitrogens with zero attached hydrogens (tertiary/aromatic N) is 1. The van der Waals surface area contributed by atoms with Gasteiger partial charge in [-0.1, -0.05) is 66.2 Å². The predicted octanol–water partition coefficient (Wildman–Crippen LogP) is 8.27. The molecule has 0 spiro atoms. The van der Waals surface area contributed by atoms with Crippen LogP contribution in [0.25, 0.3) is 10.8 Å². The summed E-state index contributed by atoms with van der Waals surface area (Å²) in [5.74, 6) is 0. The largest absolute Gasteiger partial charge is 0.253 e. The number of hydrogen-bond donors (Lipinski definition) is 1. The van der Waals surface area contributed by atoms with Gasteiger partial charge in [0.05, 0.1) is 0 Å². The van der Waals surface area contributed by atoms with Crippen LogP contribution in [0.15, 0.2) is 87.7 Å². The van der Waals surface area contributed by atoms with Gasteiger partial charge < -0.3 is 0 Å². The van der Waals surface area contributed by atoms with Crippen molar-refractivity contribution in [2.75, 3.05) is 0 Å². The van der Waals surface area contributed by atoms with E-state index in [0.717, 1.165) is 27.2 Å². The predicted molar refractivity (Wildman–Crippen MR) is 135 cm³/mol. The fraction of sp³-hybridized carbons (Fsp3) is 0.192. The third-order valence-corrected chi connectivity index (χ3v) is 7.60.